The lowest BCUT2D eigenvalue weighted by atomic mass is 10.2. The van der Waals surface area contributed by atoms with Gasteiger partial charge in [-0.15, -0.1) is 0 Å². The maximum Gasteiger partial charge on any atom is 0.123 e. The van der Waals surface area contributed by atoms with Crippen LogP contribution in [0.25, 0.3) is 0 Å². The Labute approximate surface area is 60.9 Å². The molecule has 0 aliphatic heterocycles. The van der Waals surface area contributed by atoms with E-state index >= 15 is 0 Å². The topological polar surface area (TPSA) is 34.1 Å². The van der Waals surface area contributed by atoms with Crippen LogP contribution < -0.4 is 0 Å². The van der Waals surface area contributed by atoms with Crippen LogP contribution in [0.2, 0.25) is 0 Å². The molecule has 10 heavy (non-hydrogen) atoms. The van der Waals surface area contributed by atoms with Gasteiger partial charge in [-0.1, -0.05) is 12.2 Å². The minimum Gasteiger partial charge on any atom is -0.303 e. The molecule has 0 amide bonds. The summed E-state index contributed by atoms with van der Waals surface area (Å²) in [4.78, 5) is 19.6. The van der Waals surface area contributed by atoms with Gasteiger partial charge in [0.1, 0.15) is 12.6 Å². The summed E-state index contributed by atoms with van der Waals surface area (Å²) in [5.41, 5.74) is 0. The number of hydrogen-bond acceptors (Lipinski definition) is 2. The average Bonchev–Trinajstić information content (AvgIpc) is 1.97. The lowest BCUT2D eigenvalue weighted by Gasteiger charge is -1.84. The third kappa shape index (κ3) is 7.08. The van der Waals surface area contributed by atoms with Crippen molar-refractivity contribution < 1.29 is 9.59 Å². The van der Waals surface area contributed by atoms with E-state index in [0.717, 1.165) is 25.4 Å². The lowest BCUT2D eigenvalue weighted by molar-refractivity contribution is -0.108. The Morgan fingerprint density at radius 3 is 2.30 bits per heavy atom. The molecule has 0 aromatic carbocycles. The molecule has 2 nitrogen and oxygen atoms in total. The van der Waals surface area contributed by atoms with Gasteiger partial charge in [-0.25, -0.2) is 0 Å². The van der Waals surface area contributed by atoms with E-state index in [2.05, 4.69) is 0 Å². The van der Waals surface area contributed by atoms with Gasteiger partial charge in [0.05, 0.1) is 0 Å². The van der Waals surface area contributed by atoms with Gasteiger partial charge in [0.25, 0.3) is 0 Å². The van der Waals surface area contributed by atoms with Crippen LogP contribution in [-0.2, 0) is 9.59 Å². The van der Waals surface area contributed by atoms with Crippen LogP contribution >= 0.6 is 0 Å². The van der Waals surface area contributed by atoms with E-state index in [-0.39, 0.29) is 0 Å². The standard InChI is InChI=1S/C8H12O2/c9-7-5-3-1-2-4-6-8-10/h1,3,7-8H,2,4-6H2/b3-1+. The summed E-state index contributed by atoms with van der Waals surface area (Å²) >= 11 is 0. The second kappa shape index (κ2) is 8.08. The third-order valence-corrected chi connectivity index (χ3v) is 1.09. The maximum absolute atomic E-state index is 9.81. The number of rotatable bonds is 6. The van der Waals surface area contributed by atoms with Gasteiger partial charge < -0.3 is 9.59 Å². The zero-order chi connectivity index (χ0) is 7.66. The molecule has 0 bridgehead atoms. The molecule has 0 radical (unpaired) electrons. The SMILES string of the molecule is O=CC/C=C/CCCC=O. The number of allylic oxidation sites excluding steroid dienone is 2. The number of unbranched alkanes of at least 4 members (excludes halogenated alkanes) is 2. The lowest BCUT2D eigenvalue weighted by Crippen LogP contribution is -1.74. The molecule has 0 rings (SSSR count). The Kier molecular flexibility index (Phi) is 7.34. The zero-order valence-corrected chi connectivity index (χ0v) is 5.95. The summed E-state index contributed by atoms with van der Waals surface area (Å²) in [6.45, 7) is 0. The van der Waals surface area contributed by atoms with Crippen molar-refractivity contribution >= 4 is 12.6 Å². The van der Waals surface area contributed by atoms with Crippen molar-refractivity contribution in [2.24, 2.45) is 0 Å². The highest BCUT2D eigenvalue weighted by Crippen LogP contribution is 1.93. The van der Waals surface area contributed by atoms with Gasteiger partial charge in [-0.3, -0.25) is 0 Å². The molecule has 0 aliphatic carbocycles. The van der Waals surface area contributed by atoms with Crippen LogP contribution in [0, 0.1) is 0 Å². The van der Waals surface area contributed by atoms with E-state index in [0.29, 0.717) is 12.8 Å². The van der Waals surface area contributed by atoms with Gasteiger partial charge in [0.2, 0.25) is 0 Å². The minimum absolute atomic E-state index is 0.487. The first-order chi connectivity index (χ1) is 4.91. The largest absolute Gasteiger partial charge is 0.303 e. The summed E-state index contributed by atoms with van der Waals surface area (Å²) in [7, 11) is 0. The van der Waals surface area contributed by atoms with Crippen LogP contribution in [0.5, 0.6) is 0 Å². The Morgan fingerprint density at radius 1 is 0.900 bits per heavy atom. The fourth-order valence-corrected chi connectivity index (χ4v) is 0.589. The minimum atomic E-state index is 0.487. The van der Waals surface area contributed by atoms with Crippen LogP contribution in [0.4, 0.5) is 0 Å². The van der Waals surface area contributed by atoms with E-state index < -0.39 is 0 Å². The van der Waals surface area contributed by atoms with E-state index in [1.165, 1.54) is 0 Å². The van der Waals surface area contributed by atoms with Gasteiger partial charge in [0, 0.05) is 12.8 Å². The molecule has 0 N–H and O–H groups in total. The molecule has 2 heteroatoms. The summed E-state index contributed by atoms with van der Waals surface area (Å²) < 4.78 is 0. The molecular formula is C8H12O2. The highest BCUT2D eigenvalue weighted by Gasteiger charge is 1.80. The molecular weight excluding hydrogens is 128 g/mol. The average molecular weight is 140 g/mol. The number of carbonyl (C=O) groups is 2. The second-order valence-corrected chi connectivity index (χ2v) is 1.97. The van der Waals surface area contributed by atoms with E-state index in [9.17, 15) is 9.59 Å². The predicted molar refractivity (Wildman–Crippen MR) is 39.7 cm³/mol. The molecule has 0 heterocycles. The third-order valence-electron chi connectivity index (χ3n) is 1.09. The summed E-state index contributed by atoms with van der Waals surface area (Å²) in [5.74, 6) is 0. The fourth-order valence-electron chi connectivity index (χ4n) is 0.589. The molecule has 0 atom stereocenters. The molecule has 0 aromatic heterocycles. The summed E-state index contributed by atoms with van der Waals surface area (Å²) in [6.07, 6.45) is 8.40. The van der Waals surface area contributed by atoms with Crippen molar-refractivity contribution in [1.29, 1.82) is 0 Å². The van der Waals surface area contributed by atoms with Crippen molar-refractivity contribution in [3.63, 3.8) is 0 Å². The fraction of sp³-hybridized carbons (Fsp3) is 0.500. The van der Waals surface area contributed by atoms with Crippen molar-refractivity contribution in [2.75, 3.05) is 0 Å². The van der Waals surface area contributed by atoms with Crippen molar-refractivity contribution in [3.05, 3.63) is 12.2 Å². The van der Waals surface area contributed by atoms with Crippen molar-refractivity contribution in [3.8, 4) is 0 Å². The van der Waals surface area contributed by atoms with Crippen molar-refractivity contribution in [1.82, 2.24) is 0 Å². The number of aldehydes is 2. The van der Waals surface area contributed by atoms with Crippen LogP contribution in [-0.4, -0.2) is 12.6 Å². The molecule has 0 fully saturated rings. The Hall–Kier alpha value is -0.920. The molecule has 0 unspecified atom stereocenters. The highest BCUT2D eigenvalue weighted by molar-refractivity contribution is 5.51. The van der Waals surface area contributed by atoms with Gasteiger partial charge in [0.15, 0.2) is 0 Å². The van der Waals surface area contributed by atoms with Gasteiger partial charge in [-0.05, 0) is 12.8 Å². The quantitative estimate of drug-likeness (QED) is 0.318. The molecule has 56 valence electrons. The zero-order valence-electron chi connectivity index (χ0n) is 5.95. The predicted octanol–water partition coefficient (Wildman–Crippen LogP) is 1.50. The van der Waals surface area contributed by atoms with Gasteiger partial charge >= 0.3 is 0 Å². The molecule has 0 saturated carbocycles. The number of hydrogen-bond donors (Lipinski definition) is 0. The smallest absolute Gasteiger partial charge is 0.123 e. The maximum atomic E-state index is 9.81. The van der Waals surface area contributed by atoms with Crippen molar-refractivity contribution in [2.45, 2.75) is 25.7 Å². The van der Waals surface area contributed by atoms with Gasteiger partial charge in [-0.2, -0.15) is 0 Å². The van der Waals surface area contributed by atoms with E-state index in [1.807, 2.05) is 12.2 Å². The van der Waals surface area contributed by atoms with E-state index in [1.54, 1.807) is 0 Å². The van der Waals surface area contributed by atoms with Crippen LogP contribution in [0.15, 0.2) is 12.2 Å². The summed E-state index contributed by atoms with van der Waals surface area (Å²) in [6, 6.07) is 0. The number of carbonyl (C=O) groups excluding carboxylic acids is 2. The summed E-state index contributed by atoms with van der Waals surface area (Å²) in [5, 5.41) is 0. The Balaban J connectivity index is 3.01. The molecule has 0 saturated heterocycles. The Morgan fingerprint density at radius 2 is 1.70 bits per heavy atom. The first kappa shape index (κ1) is 9.08. The highest BCUT2D eigenvalue weighted by atomic mass is 16.1. The molecule has 0 aliphatic rings. The molecule has 0 aromatic rings. The second-order valence-electron chi connectivity index (χ2n) is 1.97. The normalized spacial score (nSPS) is 10.0. The first-order valence-electron chi connectivity index (χ1n) is 3.44. The molecule has 0 spiro atoms. The monoisotopic (exact) mass is 140 g/mol. The van der Waals surface area contributed by atoms with Crippen LogP contribution in [0.1, 0.15) is 25.7 Å². The first-order valence-corrected chi connectivity index (χ1v) is 3.44. The Bertz CT molecular complexity index is 116. The van der Waals surface area contributed by atoms with Crippen LogP contribution in [0.3, 0.4) is 0 Å². The van der Waals surface area contributed by atoms with E-state index in [4.69, 9.17) is 0 Å².